The minimum absolute atomic E-state index is 0.279. The first-order valence-electron chi connectivity index (χ1n) is 7.60. The monoisotopic (exact) mass is 358 g/mol. The van der Waals surface area contributed by atoms with Crippen LogP contribution >= 0.6 is 0 Å². The fourth-order valence-corrected chi connectivity index (χ4v) is 2.99. The Labute approximate surface area is 147 Å². The molecule has 0 bridgehead atoms. The molecular formula is C18H18N2O4S. The van der Waals surface area contributed by atoms with Gasteiger partial charge in [-0.2, -0.15) is 0 Å². The van der Waals surface area contributed by atoms with Gasteiger partial charge >= 0.3 is 0 Å². The Morgan fingerprint density at radius 3 is 2.32 bits per heavy atom. The molecule has 0 atom stereocenters. The van der Waals surface area contributed by atoms with Crippen LogP contribution in [0.2, 0.25) is 0 Å². The van der Waals surface area contributed by atoms with Gasteiger partial charge in [0.2, 0.25) is 10.9 Å². The molecule has 0 saturated heterocycles. The Balaban J connectivity index is 2.03. The van der Waals surface area contributed by atoms with Gasteiger partial charge in [0.25, 0.3) is 0 Å². The molecule has 25 heavy (non-hydrogen) atoms. The zero-order valence-electron chi connectivity index (χ0n) is 13.9. The molecule has 3 aromatic rings. The van der Waals surface area contributed by atoms with Gasteiger partial charge in [-0.25, -0.2) is 13.1 Å². The summed E-state index contributed by atoms with van der Waals surface area (Å²) in [7, 11) is 0.599. The molecular weight excluding hydrogens is 340 g/mol. The molecule has 7 heteroatoms. The summed E-state index contributed by atoms with van der Waals surface area (Å²) in [5.41, 5.74) is 3.72. The first-order valence-corrected chi connectivity index (χ1v) is 8.78. The maximum Gasteiger partial charge on any atom is 0.201 e. The van der Waals surface area contributed by atoms with Crippen LogP contribution in [0.5, 0.6) is 11.5 Å². The van der Waals surface area contributed by atoms with E-state index in [9.17, 15) is 8.42 Å². The number of ether oxygens (including phenoxy) is 2. The number of thiol groups is 1. The van der Waals surface area contributed by atoms with E-state index in [1.165, 1.54) is 0 Å². The van der Waals surface area contributed by atoms with Crippen molar-refractivity contribution in [3.8, 4) is 22.6 Å². The van der Waals surface area contributed by atoms with Crippen molar-refractivity contribution in [1.29, 1.82) is 0 Å². The first kappa shape index (κ1) is 17.2. The van der Waals surface area contributed by atoms with E-state index < -0.39 is 10.9 Å². The average Bonchev–Trinajstić information content (AvgIpc) is 2.65. The number of fused-ring (bicyclic) bond motifs is 1. The van der Waals surface area contributed by atoms with E-state index in [-0.39, 0.29) is 6.54 Å². The summed E-state index contributed by atoms with van der Waals surface area (Å²) in [5.74, 6) is 1.28. The normalized spacial score (nSPS) is 11.0. The maximum absolute atomic E-state index is 10.6. The molecule has 0 aliphatic rings. The minimum Gasteiger partial charge on any atom is -0.493 e. The number of nitrogens with zero attached hydrogens (tertiary/aromatic N) is 1. The molecule has 0 radical (unpaired) electrons. The number of benzene rings is 2. The summed E-state index contributed by atoms with van der Waals surface area (Å²) in [6, 6.07) is 13.4. The summed E-state index contributed by atoms with van der Waals surface area (Å²) in [6.45, 7) is 0.279. The van der Waals surface area contributed by atoms with Gasteiger partial charge in [-0.3, -0.25) is 4.98 Å². The molecule has 0 aliphatic carbocycles. The smallest absolute Gasteiger partial charge is 0.201 e. The molecule has 0 saturated carbocycles. The van der Waals surface area contributed by atoms with Gasteiger partial charge in [-0.05, 0) is 28.8 Å². The van der Waals surface area contributed by atoms with E-state index in [1.807, 2.05) is 42.5 Å². The minimum atomic E-state index is -2.59. The lowest BCUT2D eigenvalue weighted by Crippen LogP contribution is -2.09. The molecule has 0 aliphatic heterocycles. The molecule has 0 spiro atoms. The highest BCUT2D eigenvalue weighted by Crippen LogP contribution is 2.36. The van der Waals surface area contributed by atoms with Crippen molar-refractivity contribution in [3.63, 3.8) is 0 Å². The van der Waals surface area contributed by atoms with Gasteiger partial charge in [0.15, 0.2) is 11.5 Å². The lowest BCUT2D eigenvalue weighted by Gasteiger charge is -2.12. The predicted molar refractivity (Wildman–Crippen MR) is 97.4 cm³/mol. The quantitative estimate of drug-likeness (QED) is 0.662. The van der Waals surface area contributed by atoms with Crippen molar-refractivity contribution in [3.05, 3.63) is 54.2 Å². The number of aromatic nitrogens is 1. The Morgan fingerprint density at radius 2 is 1.68 bits per heavy atom. The van der Waals surface area contributed by atoms with Gasteiger partial charge in [0.1, 0.15) is 0 Å². The van der Waals surface area contributed by atoms with E-state index in [1.54, 1.807) is 20.4 Å². The van der Waals surface area contributed by atoms with Crippen molar-refractivity contribution in [2.75, 3.05) is 14.2 Å². The first-order chi connectivity index (χ1) is 12.1. The number of rotatable bonds is 6. The van der Waals surface area contributed by atoms with Crippen LogP contribution in [0.4, 0.5) is 0 Å². The second kappa shape index (κ2) is 7.50. The molecule has 0 amide bonds. The molecule has 130 valence electrons. The van der Waals surface area contributed by atoms with Gasteiger partial charge in [0.05, 0.1) is 19.7 Å². The largest absolute Gasteiger partial charge is 0.493 e. The number of methoxy groups -OCH3 is 2. The van der Waals surface area contributed by atoms with Crippen molar-refractivity contribution in [1.82, 2.24) is 9.71 Å². The standard InChI is InChI=1S/C18H18N2O4S/c1-23-17-9-15-14(7-8-19-16(15)10-18(17)24-2)13-5-3-12(4-6-13)11-20-25(21)22/h3-10,25H,11H2,1-2H3,(H,20,21,22). The van der Waals surface area contributed by atoms with Crippen molar-refractivity contribution < 1.29 is 17.9 Å². The Hall–Kier alpha value is -2.64. The number of nitrogens with one attached hydrogen (secondary N) is 1. The zero-order valence-corrected chi connectivity index (χ0v) is 14.7. The third kappa shape index (κ3) is 3.72. The second-order valence-electron chi connectivity index (χ2n) is 5.37. The average molecular weight is 358 g/mol. The maximum atomic E-state index is 10.6. The molecule has 1 heterocycles. The highest BCUT2D eigenvalue weighted by atomic mass is 32.2. The van der Waals surface area contributed by atoms with Gasteiger partial charge < -0.3 is 9.47 Å². The summed E-state index contributed by atoms with van der Waals surface area (Å²) >= 11 is 0. The Morgan fingerprint density at radius 1 is 1.00 bits per heavy atom. The molecule has 2 aromatic carbocycles. The topological polar surface area (TPSA) is 77.5 Å². The number of pyridine rings is 1. The van der Waals surface area contributed by atoms with Crippen LogP contribution in [0.3, 0.4) is 0 Å². The second-order valence-corrected chi connectivity index (χ2v) is 6.20. The molecule has 1 N–H and O–H groups in total. The fourth-order valence-electron chi connectivity index (χ4n) is 2.68. The fraction of sp³-hybridized carbons (Fsp3) is 0.167. The van der Waals surface area contributed by atoms with Gasteiger partial charge in [0, 0.05) is 24.2 Å². The van der Waals surface area contributed by atoms with Crippen molar-refractivity contribution >= 4 is 21.8 Å². The number of hydrogen-bond acceptors (Lipinski definition) is 5. The Bertz CT molecular complexity index is 961. The van der Waals surface area contributed by atoms with E-state index in [0.717, 1.165) is 27.6 Å². The van der Waals surface area contributed by atoms with E-state index >= 15 is 0 Å². The summed E-state index contributed by atoms with van der Waals surface area (Å²) < 4.78 is 34.3. The zero-order chi connectivity index (χ0) is 17.8. The van der Waals surface area contributed by atoms with Crippen LogP contribution in [0.1, 0.15) is 5.56 Å². The molecule has 3 rings (SSSR count). The highest BCUT2D eigenvalue weighted by Gasteiger charge is 2.11. The number of hydrogen-bond donors (Lipinski definition) is 2. The van der Waals surface area contributed by atoms with Crippen LogP contribution in [-0.4, -0.2) is 27.6 Å². The van der Waals surface area contributed by atoms with Crippen LogP contribution in [0, 0.1) is 0 Å². The lowest BCUT2D eigenvalue weighted by atomic mass is 10.00. The molecule has 0 unspecified atom stereocenters. The van der Waals surface area contributed by atoms with E-state index in [0.29, 0.717) is 11.5 Å². The predicted octanol–water partition coefficient (Wildman–Crippen LogP) is 2.54. The van der Waals surface area contributed by atoms with Crippen LogP contribution < -0.4 is 14.2 Å². The SMILES string of the molecule is COc1cc2nccc(-c3ccc(CN[SH](=O)=O)cc3)c2cc1OC. The molecule has 6 nitrogen and oxygen atoms in total. The molecule has 1 aromatic heterocycles. The lowest BCUT2D eigenvalue weighted by molar-refractivity contribution is 0.356. The highest BCUT2D eigenvalue weighted by molar-refractivity contribution is 7.70. The van der Waals surface area contributed by atoms with Crippen LogP contribution in [0.15, 0.2) is 48.7 Å². The third-order valence-corrected chi connectivity index (χ3v) is 4.34. The molecule has 0 fully saturated rings. The third-order valence-electron chi connectivity index (χ3n) is 3.92. The Kier molecular flexibility index (Phi) is 5.16. The van der Waals surface area contributed by atoms with Crippen LogP contribution in [0.25, 0.3) is 22.0 Å². The summed E-state index contributed by atoms with van der Waals surface area (Å²) in [4.78, 5) is 4.40. The van der Waals surface area contributed by atoms with Gasteiger partial charge in [-0.1, -0.05) is 24.3 Å². The summed E-state index contributed by atoms with van der Waals surface area (Å²) in [6.07, 6.45) is 1.75. The van der Waals surface area contributed by atoms with Crippen LogP contribution in [-0.2, 0) is 17.4 Å². The summed E-state index contributed by atoms with van der Waals surface area (Å²) in [5, 5.41) is 0.952. The van der Waals surface area contributed by atoms with Crippen molar-refractivity contribution in [2.24, 2.45) is 0 Å². The van der Waals surface area contributed by atoms with E-state index in [4.69, 9.17) is 9.47 Å². The van der Waals surface area contributed by atoms with Crippen molar-refractivity contribution in [2.45, 2.75) is 6.54 Å². The van der Waals surface area contributed by atoms with Gasteiger partial charge in [-0.15, -0.1) is 0 Å². The van der Waals surface area contributed by atoms with E-state index in [2.05, 4.69) is 9.71 Å².